The van der Waals surface area contributed by atoms with Crippen LogP contribution in [-0.4, -0.2) is 35.4 Å². The maximum Gasteiger partial charge on any atom is 0.243 e. The fourth-order valence-electron chi connectivity index (χ4n) is 3.59. The summed E-state index contributed by atoms with van der Waals surface area (Å²) in [6.45, 7) is 4.78. The van der Waals surface area contributed by atoms with E-state index in [0.717, 1.165) is 11.3 Å². The Morgan fingerprint density at radius 1 is 1.15 bits per heavy atom. The van der Waals surface area contributed by atoms with E-state index in [0.29, 0.717) is 40.9 Å². The normalized spacial score (nSPS) is 12.2. The quantitative estimate of drug-likeness (QED) is 0.268. The first kappa shape index (κ1) is 23.8. The number of aromatic nitrogens is 2. The first-order valence-electron chi connectivity index (χ1n) is 10.4. The van der Waals surface area contributed by atoms with Crippen LogP contribution < -0.4 is 0 Å². The van der Waals surface area contributed by atoms with Crippen LogP contribution in [0.2, 0.25) is 5.02 Å². The number of nitrogens with zero attached hydrogens (tertiary/aromatic N) is 3. The van der Waals surface area contributed by atoms with Crippen LogP contribution in [0.1, 0.15) is 25.2 Å². The number of benzene rings is 2. The van der Waals surface area contributed by atoms with E-state index in [4.69, 9.17) is 16.0 Å². The summed E-state index contributed by atoms with van der Waals surface area (Å²) in [7, 11) is -3.62. The largest absolute Gasteiger partial charge is 0.467 e. The lowest BCUT2D eigenvalue weighted by Gasteiger charge is -2.18. The summed E-state index contributed by atoms with van der Waals surface area (Å²) in [4.78, 5) is 4.88. The zero-order chi connectivity index (χ0) is 23.6. The first-order chi connectivity index (χ1) is 15.8. The molecule has 0 spiro atoms. The van der Waals surface area contributed by atoms with Crippen molar-refractivity contribution in [3.8, 4) is 0 Å². The standard InChI is InChI=1S/C23H23ClFN3O3S2/c1-3-27(4-2)33(29,30)17-10-11-22-21(13-17)26-23(28(22)14-16-7-6-12-31-16)32-15-18-19(24)8-5-9-20(18)25/h5-13H,3-4,14-15H2,1-2H3. The van der Waals surface area contributed by atoms with Crippen molar-refractivity contribution < 1.29 is 17.2 Å². The van der Waals surface area contributed by atoms with Gasteiger partial charge in [0.05, 0.1) is 28.7 Å². The molecule has 0 saturated carbocycles. The van der Waals surface area contributed by atoms with Crippen LogP contribution in [0.3, 0.4) is 0 Å². The predicted octanol–water partition coefficient (Wildman–Crippen LogP) is 5.79. The van der Waals surface area contributed by atoms with Crippen LogP contribution in [0.4, 0.5) is 4.39 Å². The number of sulfonamides is 1. The summed E-state index contributed by atoms with van der Waals surface area (Å²) in [5.74, 6) is 0.619. The summed E-state index contributed by atoms with van der Waals surface area (Å²) >= 11 is 7.52. The van der Waals surface area contributed by atoms with Crippen molar-refractivity contribution >= 4 is 44.4 Å². The third-order valence-electron chi connectivity index (χ3n) is 5.33. The third kappa shape index (κ3) is 4.82. The van der Waals surface area contributed by atoms with Gasteiger partial charge in [-0.2, -0.15) is 4.31 Å². The van der Waals surface area contributed by atoms with Crippen LogP contribution in [0.15, 0.2) is 69.3 Å². The highest BCUT2D eigenvalue weighted by atomic mass is 35.5. The Balaban J connectivity index is 1.76. The van der Waals surface area contributed by atoms with E-state index in [9.17, 15) is 12.8 Å². The van der Waals surface area contributed by atoms with Gasteiger partial charge in [-0.15, -0.1) is 0 Å². The Hall–Kier alpha value is -2.33. The third-order valence-corrected chi connectivity index (χ3v) is 8.73. The number of furan rings is 1. The topological polar surface area (TPSA) is 68.3 Å². The molecule has 0 aliphatic heterocycles. The Bertz CT molecular complexity index is 1350. The van der Waals surface area contributed by atoms with Gasteiger partial charge in [-0.3, -0.25) is 0 Å². The van der Waals surface area contributed by atoms with E-state index >= 15 is 0 Å². The molecule has 10 heteroatoms. The summed E-state index contributed by atoms with van der Waals surface area (Å²) in [5, 5.41) is 0.960. The molecule has 6 nitrogen and oxygen atoms in total. The number of fused-ring (bicyclic) bond motifs is 1. The highest BCUT2D eigenvalue weighted by molar-refractivity contribution is 7.98. The number of halogens is 2. The minimum absolute atomic E-state index is 0.190. The van der Waals surface area contributed by atoms with Gasteiger partial charge in [0.1, 0.15) is 11.6 Å². The average Bonchev–Trinajstić information content (AvgIpc) is 3.42. The summed E-state index contributed by atoms with van der Waals surface area (Å²) < 4.78 is 49.1. The summed E-state index contributed by atoms with van der Waals surface area (Å²) in [5.41, 5.74) is 1.69. The molecule has 0 aliphatic carbocycles. The minimum Gasteiger partial charge on any atom is -0.467 e. The monoisotopic (exact) mass is 507 g/mol. The van der Waals surface area contributed by atoms with Crippen molar-refractivity contribution in [1.29, 1.82) is 0 Å². The maximum atomic E-state index is 14.3. The lowest BCUT2D eigenvalue weighted by molar-refractivity contribution is 0.445. The molecule has 174 valence electrons. The number of thioether (sulfide) groups is 1. The molecule has 0 amide bonds. The van der Waals surface area contributed by atoms with Crippen molar-refractivity contribution in [2.75, 3.05) is 13.1 Å². The predicted molar refractivity (Wildman–Crippen MR) is 129 cm³/mol. The van der Waals surface area contributed by atoms with Crippen LogP contribution in [0.25, 0.3) is 11.0 Å². The zero-order valence-electron chi connectivity index (χ0n) is 18.2. The van der Waals surface area contributed by atoms with Crippen LogP contribution >= 0.6 is 23.4 Å². The molecular weight excluding hydrogens is 485 g/mol. The maximum absolute atomic E-state index is 14.3. The molecular formula is C23H23ClFN3O3S2. The Kier molecular flexibility index (Phi) is 7.13. The van der Waals surface area contributed by atoms with Crippen molar-refractivity contribution in [1.82, 2.24) is 13.9 Å². The van der Waals surface area contributed by atoms with E-state index in [-0.39, 0.29) is 16.5 Å². The first-order valence-corrected chi connectivity index (χ1v) is 13.2. The summed E-state index contributed by atoms with van der Waals surface area (Å²) in [6.07, 6.45) is 1.59. The molecule has 2 heterocycles. The SMILES string of the molecule is CCN(CC)S(=O)(=O)c1ccc2c(c1)nc(SCc1c(F)cccc1Cl)n2Cc1ccco1. The van der Waals surface area contributed by atoms with Crippen LogP contribution in [-0.2, 0) is 22.3 Å². The fraction of sp³-hybridized carbons (Fsp3) is 0.261. The second-order valence-corrected chi connectivity index (χ2v) is 10.6. The molecule has 0 aliphatic rings. The fourth-order valence-corrected chi connectivity index (χ4v) is 6.42. The van der Waals surface area contributed by atoms with Crippen LogP contribution in [0, 0.1) is 5.82 Å². The molecule has 0 radical (unpaired) electrons. The van der Waals surface area contributed by atoms with Gasteiger partial charge < -0.3 is 8.98 Å². The van der Waals surface area contributed by atoms with Crippen molar-refractivity contribution in [2.45, 2.75) is 36.2 Å². The number of hydrogen-bond acceptors (Lipinski definition) is 5. The molecule has 33 heavy (non-hydrogen) atoms. The molecule has 4 rings (SSSR count). The van der Waals surface area contributed by atoms with Crippen molar-refractivity contribution in [2.24, 2.45) is 0 Å². The molecule has 0 N–H and O–H groups in total. The van der Waals surface area contributed by atoms with Gasteiger partial charge in [0.15, 0.2) is 5.16 Å². The van der Waals surface area contributed by atoms with Gasteiger partial charge in [-0.05, 0) is 42.5 Å². The molecule has 4 aromatic rings. The van der Waals surface area contributed by atoms with Crippen LogP contribution in [0.5, 0.6) is 0 Å². The second kappa shape index (κ2) is 9.89. The van der Waals surface area contributed by atoms with E-state index in [2.05, 4.69) is 4.98 Å². The Morgan fingerprint density at radius 2 is 1.94 bits per heavy atom. The Labute approximate surface area is 201 Å². The average molecular weight is 508 g/mol. The summed E-state index contributed by atoms with van der Waals surface area (Å²) in [6, 6.07) is 13.2. The van der Waals surface area contributed by atoms with Gasteiger partial charge in [0.25, 0.3) is 0 Å². The number of hydrogen-bond donors (Lipinski definition) is 0. The lowest BCUT2D eigenvalue weighted by atomic mass is 10.2. The van der Waals surface area contributed by atoms with Gasteiger partial charge in [-0.1, -0.05) is 43.3 Å². The van der Waals surface area contributed by atoms with E-state index in [1.807, 2.05) is 10.6 Å². The molecule has 0 unspecified atom stereocenters. The number of imidazole rings is 1. The lowest BCUT2D eigenvalue weighted by Crippen LogP contribution is -2.30. The van der Waals surface area contributed by atoms with Crippen molar-refractivity contribution in [3.05, 3.63) is 77.0 Å². The molecule has 0 atom stereocenters. The second-order valence-electron chi connectivity index (χ2n) is 7.29. The van der Waals surface area contributed by atoms with E-state index in [1.54, 1.807) is 56.5 Å². The minimum atomic E-state index is -3.62. The smallest absolute Gasteiger partial charge is 0.243 e. The Morgan fingerprint density at radius 3 is 2.61 bits per heavy atom. The van der Waals surface area contributed by atoms with Gasteiger partial charge in [0, 0.05) is 29.4 Å². The molecule has 2 aromatic carbocycles. The highest BCUT2D eigenvalue weighted by Crippen LogP contribution is 2.32. The molecule has 2 aromatic heterocycles. The van der Waals surface area contributed by atoms with E-state index < -0.39 is 10.0 Å². The van der Waals surface area contributed by atoms with Crippen molar-refractivity contribution in [3.63, 3.8) is 0 Å². The van der Waals surface area contributed by atoms with Gasteiger partial charge in [0.2, 0.25) is 10.0 Å². The van der Waals surface area contributed by atoms with Gasteiger partial charge >= 0.3 is 0 Å². The zero-order valence-corrected chi connectivity index (χ0v) is 20.6. The molecule has 0 bridgehead atoms. The number of rotatable bonds is 9. The highest BCUT2D eigenvalue weighted by Gasteiger charge is 2.23. The van der Waals surface area contributed by atoms with Gasteiger partial charge in [-0.25, -0.2) is 17.8 Å². The molecule has 0 fully saturated rings. The molecule has 0 saturated heterocycles. The van der Waals surface area contributed by atoms with E-state index in [1.165, 1.54) is 22.1 Å².